The number of hydrogen-bond acceptors (Lipinski definition) is 1. The number of allylic oxidation sites excluding steroid dienone is 4. The Morgan fingerprint density at radius 2 is 1.92 bits per heavy atom. The minimum atomic E-state index is 1.02. The monoisotopic (exact) mass is 179 g/mol. The zero-order valence-corrected chi connectivity index (χ0v) is 9.25. The third-order valence-electron chi connectivity index (χ3n) is 1.88. The molecule has 0 rings (SSSR count). The lowest BCUT2D eigenvalue weighted by molar-refractivity contribution is 0.386. The normalized spacial score (nSPS) is 13.8. The van der Waals surface area contributed by atoms with Crippen LogP contribution in [0.2, 0.25) is 0 Å². The van der Waals surface area contributed by atoms with Gasteiger partial charge in [-0.1, -0.05) is 37.3 Å². The molecule has 1 nitrogen and oxygen atoms in total. The van der Waals surface area contributed by atoms with Gasteiger partial charge in [-0.05, 0) is 33.0 Å². The number of likely N-dealkylation sites (N-methyl/N-ethyl adjacent to an activating group) is 1. The highest BCUT2D eigenvalue weighted by Crippen LogP contribution is 2.00. The van der Waals surface area contributed by atoms with Crippen LogP contribution in [0.4, 0.5) is 0 Å². The maximum Gasteiger partial charge on any atom is 0.0230 e. The molecular formula is C12H21N. The molecule has 0 aliphatic heterocycles. The Labute approximate surface area is 82.4 Å². The van der Waals surface area contributed by atoms with Crippen LogP contribution in [0.25, 0.3) is 0 Å². The summed E-state index contributed by atoms with van der Waals surface area (Å²) in [6.07, 6.45) is 10.5. The van der Waals surface area contributed by atoms with E-state index in [1.165, 1.54) is 5.57 Å². The van der Waals surface area contributed by atoms with E-state index in [-0.39, 0.29) is 0 Å². The first-order valence-electron chi connectivity index (χ1n) is 4.87. The van der Waals surface area contributed by atoms with Gasteiger partial charge in [0.25, 0.3) is 0 Å². The van der Waals surface area contributed by atoms with Crippen molar-refractivity contribution in [1.29, 1.82) is 0 Å². The largest absolute Gasteiger partial charge is 0.302 e. The molecule has 0 aromatic rings. The third-order valence-corrected chi connectivity index (χ3v) is 1.88. The average molecular weight is 179 g/mol. The van der Waals surface area contributed by atoms with Crippen molar-refractivity contribution in [3.05, 3.63) is 36.0 Å². The zero-order valence-electron chi connectivity index (χ0n) is 9.25. The second kappa shape index (κ2) is 7.81. The van der Waals surface area contributed by atoms with Crippen LogP contribution in [0.1, 0.15) is 20.8 Å². The van der Waals surface area contributed by atoms with Crippen molar-refractivity contribution in [2.45, 2.75) is 20.8 Å². The fourth-order valence-electron chi connectivity index (χ4n) is 1.02. The molecule has 13 heavy (non-hydrogen) atoms. The van der Waals surface area contributed by atoms with E-state index in [1.807, 2.05) is 6.92 Å². The van der Waals surface area contributed by atoms with Crippen LogP contribution in [0.3, 0.4) is 0 Å². The van der Waals surface area contributed by atoms with Crippen LogP contribution >= 0.6 is 0 Å². The molecule has 0 amide bonds. The minimum absolute atomic E-state index is 1.02. The number of hydrogen-bond donors (Lipinski definition) is 0. The number of rotatable bonds is 5. The summed E-state index contributed by atoms with van der Waals surface area (Å²) >= 11 is 0. The van der Waals surface area contributed by atoms with Gasteiger partial charge in [-0.25, -0.2) is 0 Å². The van der Waals surface area contributed by atoms with Crippen molar-refractivity contribution in [1.82, 2.24) is 4.90 Å². The topological polar surface area (TPSA) is 3.24 Å². The molecule has 0 aromatic carbocycles. The summed E-state index contributed by atoms with van der Waals surface area (Å²) in [6, 6.07) is 0. The summed E-state index contributed by atoms with van der Waals surface area (Å²) in [5.74, 6) is 0. The zero-order chi connectivity index (χ0) is 10.1. The molecule has 0 unspecified atom stereocenters. The van der Waals surface area contributed by atoms with Crippen LogP contribution in [0, 0.1) is 0 Å². The van der Waals surface area contributed by atoms with Gasteiger partial charge in [0.05, 0.1) is 0 Å². The van der Waals surface area contributed by atoms with Gasteiger partial charge in [0.1, 0.15) is 0 Å². The molecular weight excluding hydrogens is 158 g/mol. The van der Waals surface area contributed by atoms with E-state index in [2.05, 4.69) is 56.2 Å². The summed E-state index contributed by atoms with van der Waals surface area (Å²) in [6.45, 7) is 8.36. The van der Waals surface area contributed by atoms with Gasteiger partial charge < -0.3 is 4.90 Å². The summed E-state index contributed by atoms with van der Waals surface area (Å²) in [4.78, 5) is 2.29. The van der Waals surface area contributed by atoms with E-state index >= 15 is 0 Å². The van der Waals surface area contributed by atoms with Crippen LogP contribution in [-0.4, -0.2) is 25.0 Å². The molecule has 0 bridgehead atoms. The predicted octanol–water partition coefficient (Wildman–Crippen LogP) is 3.02. The Kier molecular flexibility index (Phi) is 7.32. The van der Waals surface area contributed by atoms with E-state index in [0.717, 1.165) is 13.1 Å². The van der Waals surface area contributed by atoms with E-state index in [9.17, 15) is 0 Å². The van der Waals surface area contributed by atoms with Gasteiger partial charge in [-0.2, -0.15) is 0 Å². The maximum absolute atomic E-state index is 2.29. The van der Waals surface area contributed by atoms with Crippen LogP contribution in [0.5, 0.6) is 0 Å². The summed E-state index contributed by atoms with van der Waals surface area (Å²) in [7, 11) is 2.13. The summed E-state index contributed by atoms with van der Waals surface area (Å²) < 4.78 is 0. The highest BCUT2D eigenvalue weighted by molar-refractivity contribution is 5.24. The Morgan fingerprint density at radius 3 is 2.38 bits per heavy atom. The quantitative estimate of drug-likeness (QED) is 0.586. The van der Waals surface area contributed by atoms with Crippen LogP contribution < -0.4 is 0 Å². The SMILES string of the molecule is C/C=C/C=C(\C=C\C)CN(C)CC. The molecule has 0 saturated heterocycles. The highest BCUT2D eigenvalue weighted by atomic mass is 15.1. The fourth-order valence-corrected chi connectivity index (χ4v) is 1.02. The molecule has 1 heteroatoms. The molecule has 0 aromatic heterocycles. The van der Waals surface area contributed by atoms with Crippen molar-refractivity contribution >= 4 is 0 Å². The van der Waals surface area contributed by atoms with Crippen molar-refractivity contribution in [2.24, 2.45) is 0 Å². The molecule has 0 fully saturated rings. The van der Waals surface area contributed by atoms with Crippen LogP contribution in [0.15, 0.2) is 36.0 Å². The van der Waals surface area contributed by atoms with Gasteiger partial charge in [0.2, 0.25) is 0 Å². The predicted molar refractivity (Wildman–Crippen MR) is 60.9 cm³/mol. The van der Waals surface area contributed by atoms with Gasteiger partial charge in [0.15, 0.2) is 0 Å². The molecule has 0 spiro atoms. The Hall–Kier alpha value is -0.820. The second-order valence-corrected chi connectivity index (χ2v) is 3.10. The van der Waals surface area contributed by atoms with Crippen molar-refractivity contribution in [3.63, 3.8) is 0 Å². The second-order valence-electron chi connectivity index (χ2n) is 3.10. The average Bonchev–Trinajstić information content (AvgIpc) is 2.14. The molecule has 0 aliphatic carbocycles. The lowest BCUT2D eigenvalue weighted by atomic mass is 10.2. The molecule has 74 valence electrons. The number of nitrogens with zero attached hydrogens (tertiary/aromatic N) is 1. The molecule has 0 saturated carbocycles. The molecule has 0 radical (unpaired) electrons. The van der Waals surface area contributed by atoms with Crippen molar-refractivity contribution < 1.29 is 0 Å². The first kappa shape index (κ1) is 12.2. The molecule has 0 heterocycles. The maximum atomic E-state index is 2.29. The van der Waals surface area contributed by atoms with Gasteiger partial charge >= 0.3 is 0 Å². The Bertz CT molecular complexity index is 199. The van der Waals surface area contributed by atoms with Crippen molar-refractivity contribution in [2.75, 3.05) is 20.1 Å². The standard InChI is InChI=1S/C12H21N/c1-5-8-10-12(9-6-2)11-13(4)7-3/h5-6,8-10H,7,11H2,1-4H3/b8-5+,9-6+,12-10+. The van der Waals surface area contributed by atoms with E-state index in [1.54, 1.807) is 0 Å². The highest BCUT2D eigenvalue weighted by Gasteiger charge is 1.95. The van der Waals surface area contributed by atoms with Gasteiger partial charge in [-0.3, -0.25) is 0 Å². The summed E-state index contributed by atoms with van der Waals surface area (Å²) in [5.41, 5.74) is 1.35. The first-order chi connectivity index (χ1) is 6.24. The summed E-state index contributed by atoms with van der Waals surface area (Å²) in [5, 5.41) is 0. The Balaban J connectivity index is 4.25. The smallest absolute Gasteiger partial charge is 0.0230 e. The Morgan fingerprint density at radius 1 is 1.23 bits per heavy atom. The van der Waals surface area contributed by atoms with Gasteiger partial charge in [0, 0.05) is 6.54 Å². The van der Waals surface area contributed by atoms with Gasteiger partial charge in [-0.15, -0.1) is 0 Å². The minimum Gasteiger partial charge on any atom is -0.302 e. The van der Waals surface area contributed by atoms with E-state index < -0.39 is 0 Å². The molecule has 0 atom stereocenters. The molecule has 0 aliphatic rings. The van der Waals surface area contributed by atoms with E-state index in [4.69, 9.17) is 0 Å². The third kappa shape index (κ3) is 6.35. The molecule has 0 N–H and O–H groups in total. The van der Waals surface area contributed by atoms with Crippen LogP contribution in [-0.2, 0) is 0 Å². The lowest BCUT2D eigenvalue weighted by Crippen LogP contribution is -2.19. The first-order valence-corrected chi connectivity index (χ1v) is 4.87. The van der Waals surface area contributed by atoms with E-state index in [0.29, 0.717) is 0 Å². The van der Waals surface area contributed by atoms with Crippen molar-refractivity contribution in [3.8, 4) is 0 Å². The fraction of sp³-hybridized carbons (Fsp3) is 0.500. The lowest BCUT2D eigenvalue weighted by Gasteiger charge is -2.13.